The standard InChI is InChI=1S/C34H45ClN4O2/c35-29-12-10-24(11-13-29)23-39-31-9-5-4-8-28(31)21-32(39)34(41)38-18-15-27(16-19-38)33(40)37-22-25-14-17-36-30(20-25)26-6-2-1-3-7-26/h4-5,8-13,25-27,30,32,36H,1-3,6-7,14-23H2,(H,37,40). The van der Waals surface area contributed by atoms with E-state index in [0.717, 1.165) is 61.0 Å². The summed E-state index contributed by atoms with van der Waals surface area (Å²) >= 11 is 6.11. The van der Waals surface area contributed by atoms with E-state index < -0.39 is 0 Å². The molecular formula is C34H45ClN4O2. The van der Waals surface area contributed by atoms with Gasteiger partial charge in [0.05, 0.1) is 0 Å². The van der Waals surface area contributed by atoms with Crippen LogP contribution in [-0.2, 0) is 22.6 Å². The van der Waals surface area contributed by atoms with Gasteiger partial charge in [-0.15, -0.1) is 0 Å². The van der Waals surface area contributed by atoms with Crippen LogP contribution in [-0.4, -0.2) is 55.0 Å². The maximum Gasteiger partial charge on any atom is 0.245 e. The molecule has 6 rings (SSSR count). The Morgan fingerprint density at radius 2 is 1.68 bits per heavy atom. The molecule has 2 amide bonds. The maximum absolute atomic E-state index is 13.9. The number of carbonyl (C=O) groups excluding carboxylic acids is 2. The van der Waals surface area contributed by atoms with Gasteiger partial charge in [0.15, 0.2) is 0 Å². The van der Waals surface area contributed by atoms with E-state index in [1.54, 1.807) is 0 Å². The monoisotopic (exact) mass is 576 g/mol. The van der Waals surface area contributed by atoms with Gasteiger partial charge >= 0.3 is 0 Å². The van der Waals surface area contributed by atoms with Gasteiger partial charge in [0, 0.05) is 55.3 Å². The molecule has 7 heteroatoms. The molecule has 3 unspecified atom stereocenters. The summed E-state index contributed by atoms with van der Waals surface area (Å²) in [5.74, 6) is 1.75. The van der Waals surface area contributed by atoms with Crippen LogP contribution < -0.4 is 15.5 Å². The van der Waals surface area contributed by atoms with Crippen LogP contribution in [0.25, 0.3) is 0 Å². The second-order valence-corrected chi connectivity index (χ2v) is 13.2. The Bertz CT molecular complexity index is 1190. The Balaban J connectivity index is 1.00. The number of hydrogen-bond acceptors (Lipinski definition) is 4. The third kappa shape index (κ3) is 6.75. The highest BCUT2D eigenvalue weighted by molar-refractivity contribution is 6.30. The van der Waals surface area contributed by atoms with Crippen LogP contribution in [0, 0.1) is 17.8 Å². The Morgan fingerprint density at radius 3 is 2.46 bits per heavy atom. The molecular weight excluding hydrogens is 532 g/mol. The van der Waals surface area contributed by atoms with E-state index in [2.05, 4.69) is 33.7 Å². The second-order valence-electron chi connectivity index (χ2n) is 12.8. The van der Waals surface area contributed by atoms with Crippen LogP contribution in [0.15, 0.2) is 48.5 Å². The topological polar surface area (TPSA) is 64.7 Å². The van der Waals surface area contributed by atoms with Crippen LogP contribution in [0.4, 0.5) is 5.69 Å². The molecule has 220 valence electrons. The largest absolute Gasteiger partial charge is 0.356 e. The number of likely N-dealkylation sites (tertiary alicyclic amines) is 1. The number of benzene rings is 2. The van der Waals surface area contributed by atoms with Crippen LogP contribution in [0.1, 0.15) is 68.9 Å². The average molecular weight is 577 g/mol. The molecule has 2 saturated heterocycles. The van der Waals surface area contributed by atoms with Crippen molar-refractivity contribution in [1.82, 2.24) is 15.5 Å². The minimum atomic E-state index is -0.217. The van der Waals surface area contributed by atoms with Crippen molar-refractivity contribution < 1.29 is 9.59 Å². The number of halogens is 1. The van der Waals surface area contributed by atoms with Crippen molar-refractivity contribution in [3.8, 4) is 0 Å². The first-order valence-electron chi connectivity index (χ1n) is 15.9. The normalized spacial score (nSPS) is 25.6. The fraction of sp³-hybridized carbons (Fsp3) is 0.588. The first kappa shape index (κ1) is 28.5. The van der Waals surface area contributed by atoms with Gasteiger partial charge in [0.1, 0.15) is 6.04 Å². The number of rotatable bonds is 7. The average Bonchev–Trinajstić information content (AvgIpc) is 3.39. The van der Waals surface area contributed by atoms with Crippen LogP contribution in [0.2, 0.25) is 5.02 Å². The number of carbonyl (C=O) groups is 2. The van der Waals surface area contributed by atoms with E-state index in [0.29, 0.717) is 31.6 Å². The van der Waals surface area contributed by atoms with Gasteiger partial charge < -0.3 is 20.4 Å². The number of nitrogens with one attached hydrogen (secondary N) is 2. The summed E-state index contributed by atoms with van der Waals surface area (Å²) in [5, 5.41) is 7.80. The first-order valence-corrected chi connectivity index (χ1v) is 16.3. The lowest BCUT2D eigenvalue weighted by Crippen LogP contribution is -2.51. The first-order chi connectivity index (χ1) is 20.0. The fourth-order valence-electron chi connectivity index (χ4n) is 7.73. The Hall–Kier alpha value is -2.57. The van der Waals surface area contributed by atoms with Crippen molar-refractivity contribution >= 4 is 29.1 Å². The Kier molecular flexibility index (Phi) is 9.16. The molecule has 1 aliphatic carbocycles. The molecule has 1 saturated carbocycles. The third-order valence-corrected chi connectivity index (χ3v) is 10.4. The van der Waals surface area contributed by atoms with Crippen molar-refractivity contribution in [2.24, 2.45) is 17.8 Å². The number of amides is 2. The molecule has 0 radical (unpaired) electrons. The molecule has 6 nitrogen and oxygen atoms in total. The molecule has 2 N–H and O–H groups in total. The lowest BCUT2D eigenvalue weighted by Gasteiger charge is -2.38. The summed E-state index contributed by atoms with van der Waals surface area (Å²) < 4.78 is 0. The molecule has 2 aromatic rings. The smallest absolute Gasteiger partial charge is 0.245 e. The lowest BCUT2D eigenvalue weighted by molar-refractivity contribution is -0.136. The predicted octanol–water partition coefficient (Wildman–Crippen LogP) is 5.57. The van der Waals surface area contributed by atoms with E-state index in [-0.39, 0.29) is 23.8 Å². The summed E-state index contributed by atoms with van der Waals surface area (Å²) in [6.45, 7) is 3.83. The highest BCUT2D eigenvalue weighted by atomic mass is 35.5. The summed E-state index contributed by atoms with van der Waals surface area (Å²) in [5.41, 5.74) is 3.49. The summed E-state index contributed by atoms with van der Waals surface area (Å²) in [4.78, 5) is 31.2. The van der Waals surface area contributed by atoms with Crippen LogP contribution in [0.5, 0.6) is 0 Å². The van der Waals surface area contributed by atoms with E-state index in [1.807, 2.05) is 35.2 Å². The summed E-state index contributed by atoms with van der Waals surface area (Å²) in [7, 11) is 0. The number of para-hydroxylation sites is 1. The van der Waals surface area contributed by atoms with Gasteiger partial charge in [-0.1, -0.05) is 61.2 Å². The molecule has 0 spiro atoms. The SMILES string of the molecule is O=C(NCC1CCNC(C2CCCCC2)C1)C1CCN(C(=O)C2Cc3ccccc3N2Cc2ccc(Cl)cc2)CC1. The van der Waals surface area contributed by atoms with Crippen molar-refractivity contribution in [2.45, 2.75) is 82.8 Å². The Morgan fingerprint density at radius 1 is 0.927 bits per heavy atom. The summed E-state index contributed by atoms with van der Waals surface area (Å²) in [6, 6.07) is 16.6. The van der Waals surface area contributed by atoms with Crippen molar-refractivity contribution in [1.29, 1.82) is 0 Å². The zero-order valence-electron chi connectivity index (χ0n) is 24.2. The van der Waals surface area contributed by atoms with Gasteiger partial charge in [-0.05, 0) is 86.2 Å². The predicted molar refractivity (Wildman–Crippen MR) is 165 cm³/mol. The molecule has 3 heterocycles. The van der Waals surface area contributed by atoms with Crippen LogP contribution in [0.3, 0.4) is 0 Å². The number of anilines is 1. The fourth-order valence-corrected chi connectivity index (χ4v) is 7.85. The zero-order chi connectivity index (χ0) is 28.2. The zero-order valence-corrected chi connectivity index (χ0v) is 25.0. The molecule has 3 atom stereocenters. The number of piperidine rings is 2. The summed E-state index contributed by atoms with van der Waals surface area (Å²) in [6.07, 6.45) is 11.4. The number of fused-ring (bicyclic) bond motifs is 1. The lowest BCUT2D eigenvalue weighted by atomic mass is 9.78. The van der Waals surface area contributed by atoms with Gasteiger partial charge in [0.25, 0.3) is 0 Å². The second kappa shape index (κ2) is 13.2. The van der Waals surface area contributed by atoms with Gasteiger partial charge in [0.2, 0.25) is 11.8 Å². The minimum absolute atomic E-state index is 0.000789. The molecule has 2 aromatic carbocycles. The van der Waals surface area contributed by atoms with Crippen molar-refractivity contribution in [3.05, 3.63) is 64.7 Å². The van der Waals surface area contributed by atoms with E-state index in [9.17, 15) is 9.59 Å². The number of nitrogens with zero attached hydrogens (tertiary/aromatic N) is 2. The highest BCUT2D eigenvalue weighted by Crippen LogP contribution is 2.35. The number of hydrogen-bond donors (Lipinski definition) is 2. The molecule has 3 fully saturated rings. The Labute approximate surface area is 250 Å². The third-order valence-electron chi connectivity index (χ3n) is 10.1. The van der Waals surface area contributed by atoms with Gasteiger partial charge in [-0.25, -0.2) is 0 Å². The van der Waals surface area contributed by atoms with Crippen LogP contribution >= 0.6 is 11.6 Å². The van der Waals surface area contributed by atoms with Crippen molar-refractivity contribution in [2.75, 3.05) is 31.1 Å². The maximum atomic E-state index is 13.9. The van der Waals surface area contributed by atoms with Gasteiger partial charge in [-0.2, -0.15) is 0 Å². The quantitative estimate of drug-likeness (QED) is 0.452. The van der Waals surface area contributed by atoms with E-state index in [1.165, 1.54) is 44.1 Å². The molecule has 3 aliphatic heterocycles. The minimum Gasteiger partial charge on any atom is -0.356 e. The molecule has 0 aromatic heterocycles. The van der Waals surface area contributed by atoms with E-state index in [4.69, 9.17) is 11.6 Å². The molecule has 41 heavy (non-hydrogen) atoms. The van der Waals surface area contributed by atoms with Crippen molar-refractivity contribution in [3.63, 3.8) is 0 Å². The molecule has 0 bridgehead atoms. The van der Waals surface area contributed by atoms with E-state index >= 15 is 0 Å². The molecule has 4 aliphatic rings. The highest BCUT2D eigenvalue weighted by Gasteiger charge is 2.38. The van der Waals surface area contributed by atoms with Gasteiger partial charge in [-0.3, -0.25) is 9.59 Å².